The fourth-order valence-corrected chi connectivity index (χ4v) is 2.15. The quantitative estimate of drug-likeness (QED) is 0.236. The number of carbonyl (C=O) groups excluding carboxylic acids is 1. The van der Waals surface area contributed by atoms with E-state index in [0.29, 0.717) is 5.69 Å². The van der Waals surface area contributed by atoms with Gasteiger partial charge in [-0.05, 0) is 12.1 Å². The molecule has 0 saturated heterocycles. The van der Waals surface area contributed by atoms with Crippen molar-refractivity contribution in [1.82, 2.24) is 0 Å². The standard InChI is InChI=1S/C14H22N4O3.2ClHO4/c1-16(2)9-11(10-17(3)4)14(19)15-12-5-7-13(8-6-12)18(20)21;2*2-1(3,4)5/h5-8,11H,9-10H2,1-4H3,(H,15,19);2*(H,2,3,4,5). The molecular formula is C14H24Cl2N4O11. The lowest BCUT2D eigenvalue weighted by molar-refractivity contribution is -2.00. The molecule has 1 aromatic rings. The molecular weight excluding hydrogens is 471 g/mol. The predicted molar refractivity (Wildman–Crippen MR) is 80.6 cm³/mol. The molecule has 0 spiro atoms. The first-order valence-electron chi connectivity index (χ1n) is 8.16. The Morgan fingerprint density at radius 3 is 1.45 bits per heavy atom. The lowest BCUT2D eigenvalue weighted by atomic mass is 10.1. The summed E-state index contributed by atoms with van der Waals surface area (Å²) in [4.78, 5) is 24.9. The zero-order chi connectivity index (χ0) is 25.0. The van der Waals surface area contributed by atoms with Crippen LogP contribution in [0.15, 0.2) is 24.3 Å². The number of carbonyl (C=O) groups is 1. The number of hydrogen-bond acceptors (Lipinski definition) is 11. The summed E-state index contributed by atoms with van der Waals surface area (Å²) >= 11 is 0. The van der Waals surface area contributed by atoms with Crippen LogP contribution < -0.4 is 52.4 Å². The van der Waals surface area contributed by atoms with Crippen molar-refractivity contribution >= 4 is 17.3 Å². The minimum Gasteiger partial charge on any atom is -0.339 e. The Hall–Kier alpha value is -1.73. The highest BCUT2D eigenvalue weighted by molar-refractivity contribution is 5.92. The molecule has 3 N–H and O–H groups in total. The van der Waals surface area contributed by atoms with Gasteiger partial charge in [-0.15, -0.1) is 20.5 Å². The van der Waals surface area contributed by atoms with Crippen molar-refractivity contribution in [3.05, 3.63) is 34.4 Å². The molecule has 0 heterocycles. The van der Waals surface area contributed by atoms with Gasteiger partial charge in [-0.3, -0.25) is 14.9 Å². The number of quaternary nitrogens is 2. The van der Waals surface area contributed by atoms with Gasteiger partial charge in [0.15, 0.2) is 0 Å². The largest absolute Gasteiger partial charge is 0.339 e. The third kappa shape index (κ3) is 24.4. The van der Waals surface area contributed by atoms with Crippen LogP contribution >= 0.6 is 0 Å². The van der Waals surface area contributed by atoms with Crippen LogP contribution in [0.1, 0.15) is 0 Å². The Labute approximate surface area is 182 Å². The lowest BCUT2D eigenvalue weighted by Gasteiger charge is -2.20. The molecule has 0 aliphatic heterocycles. The average molecular weight is 495 g/mol. The van der Waals surface area contributed by atoms with Crippen LogP contribution in [0.5, 0.6) is 0 Å². The Balaban J connectivity index is 0. The molecule has 1 rings (SSSR count). The van der Waals surface area contributed by atoms with Crippen molar-refractivity contribution in [1.29, 1.82) is 0 Å². The normalized spacial score (nSPS) is 11.5. The molecule has 0 bridgehead atoms. The minimum atomic E-state index is -4.94. The number of nitro groups is 1. The van der Waals surface area contributed by atoms with E-state index >= 15 is 0 Å². The highest BCUT2D eigenvalue weighted by atomic mass is 35.7. The second-order valence-electron chi connectivity index (χ2n) is 6.57. The summed E-state index contributed by atoms with van der Waals surface area (Å²) in [7, 11) is -1.84. The molecule has 0 saturated carbocycles. The highest BCUT2D eigenvalue weighted by Gasteiger charge is 2.24. The topological polar surface area (TPSA) is 266 Å². The Kier molecular flexibility index (Phi) is 14.6. The molecule has 180 valence electrons. The first-order chi connectivity index (χ1) is 13.8. The number of nitro benzene ring substituents is 1. The third-order valence-corrected chi connectivity index (χ3v) is 3.03. The molecule has 1 amide bonds. The maximum atomic E-state index is 12.3. The van der Waals surface area contributed by atoms with E-state index < -0.39 is 25.4 Å². The van der Waals surface area contributed by atoms with Gasteiger partial charge in [0.2, 0.25) is 5.91 Å². The van der Waals surface area contributed by atoms with E-state index in [0.717, 1.165) is 13.1 Å². The van der Waals surface area contributed by atoms with Crippen LogP contribution in [-0.4, -0.2) is 52.1 Å². The van der Waals surface area contributed by atoms with Gasteiger partial charge in [-0.1, -0.05) is 0 Å². The molecule has 0 aromatic heterocycles. The summed E-state index contributed by atoms with van der Waals surface area (Å²) in [5, 5.41) is 13.4. The van der Waals surface area contributed by atoms with E-state index in [2.05, 4.69) is 5.32 Å². The molecule has 17 heteroatoms. The summed E-state index contributed by atoms with van der Waals surface area (Å²) in [5.74, 6) is -0.151. The van der Waals surface area contributed by atoms with Crippen molar-refractivity contribution in [2.75, 3.05) is 46.6 Å². The molecule has 0 radical (unpaired) electrons. The summed E-state index contributed by atoms with van der Waals surface area (Å²) in [6.45, 7) is 1.48. The van der Waals surface area contributed by atoms with Crippen LogP contribution in [-0.2, 0) is 4.79 Å². The van der Waals surface area contributed by atoms with Crippen molar-refractivity contribution in [3.8, 4) is 0 Å². The number of halogens is 2. The highest BCUT2D eigenvalue weighted by Crippen LogP contribution is 2.15. The number of non-ortho nitro benzene ring substituents is 1. The number of nitrogens with one attached hydrogen (secondary N) is 3. The van der Waals surface area contributed by atoms with E-state index in [1.54, 1.807) is 12.1 Å². The van der Waals surface area contributed by atoms with Crippen molar-refractivity contribution in [3.63, 3.8) is 0 Å². The Bertz CT molecular complexity index is 630. The summed E-state index contributed by atoms with van der Waals surface area (Å²) in [6.07, 6.45) is 0. The Morgan fingerprint density at radius 1 is 0.871 bits per heavy atom. The van der Waals surface area contributed by atoms with Gasteiger partial charge in [0.05, 0.1) is 46.2 Å². The number of anilines is 1. The van der Waals surface area contributed by atoms with Crippen molar-refractivity contribution in [2.24, 2.45) is 5.92 Å². The number of rotatable bonds is 7. The zero-order valence-corrected chi connectivity index (χ0v) is 18.5. The SMILES string of the molecule is C[NH+](C)CC(C[NH+](C)C)C(=O)Nc1ccc([N+](=O)[O-])cc1.[O-][Cl+3]([O-])([O-])[O-].[O-][Cl+3]([O-])([O-])[O-]. The first-order valence-corrected chi connectivity index (χ1v) is 10.6. The van der Waals surface area contributed by atoms with E-state index in [-0.39, 0.29) is 17.5 Å². The maximum Gasteiger partial charge on any atom is 0.269 e. The van der Waals surface area contributed by atoms with Crippen molar-refractivity contribution in [2.45, 2.75) is 0 Å². The van der Waals surface area contributed by atoms with Gasteiger partial charge in [-0.2, -0.15) is 0 Å². The lowest BCUT2D eigenvalue weighted by Crippen LogP contribution is -3.10. The van der Waals surface area contributed by atoms with Crippen molar-refractivity contribution < 1.29 is 77.3 Å². The number of benzene rings is 1. The summed E-state index contributed by atoms with van der Waals surface area (Å²) < 4.78 is 67.9. The second kappa shape index (κ2) is 14.4. The van der Waals surface area contributed by atoms with E-state index in [1.807, 2.05) is 28.2 Å². The number of hydrogen-bond donors (Lipinski definition) is 3. The van der Waals surface area contributed by atoms with E-state index in [9.17, 15) is 14.9 Å². The smallest absolute Gasteiger partial charge is 0.269 e. The maximum absolute atomic E-state index is 12.3. The first kappa shape index (κ1) is 31.5. The molecule has 1 aromatic carbocycles. The predicted octanol–water partition coefficient (Wildman–Crippen LogP) is -11.1. The van der Waals surface area contributed by atoms with Crippen LogP contribution in [0.4, 0.5) is 11.4 Å². The molecule has 15 nitrogen and oxygen atoms in total. The van der Waals surface area contributed by atoms with Crippen LogP contribution in [0.25, 0.3) is 0 Å². The zero-order valence-electron chi connectivity index (χ0n) is 17.0. The molecule has 0 fully saturated rings. The summed E-state index contributed by atoms with van der Waals surface area (Å²) in [5.41, 5.74) is 0.595. The van der Waals surface area contributed by atoms with Crippen LogP contribution in [0, 0.1) is 36.5 Å². The van der Waals surface area contributed by atoms with Crippen LogP contribution in [0.3, 0.4) is 0 Å². The molecule has 0 atom stereocenters. The van der Waals surface area contributed by atoms with Gasteiger partial charge in [-0.25, -0.2) is 37.3 Å². The molecule has 31 heavy (non-hydrogen) atoms. The summed E-state index contributed by atoms with van der Waals surface area (Å²) in [6, 6.07) is 5.88. The van der Waals surface area contributed by atoms with Gasteiger partial charge in [0.1, 0.15) is 5.92 Å². The minimum absolute atomic E-state index is 0.0139. The van der Waals surface area contributed by atoms with E-state index in [4.69, 9.17) is 37.3 Å². The van der Waals surface area contributed by atoms with E-state index in [1.165, 1.54) is 21.9 Å². The number of amides is 1. The molecule has 0 unspecified atom stereocenters. The molecule has 0 aliphatic carbocycles. The number of nitrogens with zero attached hydrogens (tertiary/aromatic N) is 1. The van der Waals surface area contributed by atoms with Gasteiger partial charge < -0.3 is 15.1 Å². The van der Waals surface area contributed by atoms with Gasteiger partial charge in [0.25, 0.3) is 5.69 Å². The van der Waals surface area contributed by atoms with Gasteiger partial charge >= 0.3 is 0 Å². The second-order valence-corrected chi connectivity index (χ2v) is 8.08. The monoisotopic (exact) mass is 494 g/mol. The fraction of sp³-hybridized carbons (Fsp3) is 0.500. The van der Waals surface area contributed by atoms with Gasteiger partial charge in [0, 0.05) is 17.8 Å². The average Bonchev–Trinajstić information content (AvgIpc) is 2.50. The van der Waals surface area contributed by atoms with Crippen LogP contribution in [0.2, 0.25) is 0 Å². The third-order valence-electron chi connectivity index (χ3n) is 3.03. The molecule has 0 aliphatic rings. The fourth-order valence-electron chi connectivity index (χ4n) is 2.15. The Morgan fingerprint density at radius 2 is 1.19 bits per heavy atom.